The smallest absolute Gasteiger partial charge is 0.309 e. The number of esters is 1. The molecule has 1 heterocycles. The summed E-state index contributed by atoms with van der Waals surface area (Å²) in [7, 11) is 1.95. The van der Waals surface area contributed by atoms with Crippen molar-refractivity contribution in [2.75, 3.05) is 25.2 Å². The predicted molar refractivity (Wildman–Crippen MR) is 118 cm³/mol. The summed E-state index contributed by atoms with van der Waals surface area (Å²) >= 11 is 0. The highest BCUT2D eigenvalue weighted by molar-refractivity contribution is 5.94. The maximum atomic E-state index is 12.5. The summed E-state index contributed by atoms with van der Waals surface area (Å²) in [4.78, 5) is 26.5. The molecule has 2 aromatic rings. The lowest BCUT2D eigenvalue weighted by Crippen LogP contribution is -2.25. The number of rotatable bonds is 7. The zero-order chi connectivity index (χ0) is 21.9. The van der Waals surface area contributed by atoms with Crippen LogP contribution < -0.4 is 9.64 Å². The molecule has 0 aromatic heterocycles. The summed E-state index contributed by atoms with van der Waals surface area (Å²) in [5, 5.41) is 0. The number of hydrogen-bond donors (Lipinski definition) is 0. The molecule has 2 aromatic carbocycles. The molecule has 0 N–H and O–H groups in total. The van der Waals surface area contributed by atoms with Crippen LogP contribution in [0.1, 0.15) is 37.0 Å². The molecular formula is C25H29NO4. The van der Waals surface area contributed by atoms with Crippen molar-refractivity contribution in [1.82, 2.24) is 0 Å². The van der Waals surface area contributed by atoms with Gasteiger partial charge in [0.15, 0.2) is 12.4 Å². The Balaban J connectivity index is 1.52. The van der Waals surface area contributed by atoms with Crippen LogP contribution in [0.5, 0.6) is 5.75 Å². The minimum atomic E-state index is -0.450. The van der Waals surface area contributed by atoms with Crippen molar-refractivity contribution in [1.29, 1.82) is 0 Å². The number of fused-ring (bicyclic) bond motifs is 1. The predicted octanol–water partition coefficient (Wildman–Crippen LogP) is 4.50. The fourth-order valence-corrected chi connectivity index (χ4v) is 3.78. The Morgan fingerprint density at radius 2 is 1.83 bits per heavy atom. The highest BCUT2D eigenvalue weighted by Crippen LogP contribution is 2.46. The van der Waals surface area contributed by atoms with E-state index >= 15 is 0 Å². The fraction of sp³-hybridized carbons (Fsp3) is 0.360. The first-order valence-electron chi connectivity index (χ1n) is 10.1. The molecule has 0 saturated carbocycles. The number of carbonyl (C=O) groups is 2. The molecule has 30 heavy (non-hydrogen) atoms. The van der Waals surface area contributed by atoms with Crippen LogP contribution in [0, 0.1) is 13.8 Å². The number of anilines is 1. The summed E-state index contributed by atoms with van der Waals surface area (Å²) in [6.07, 6.45) is 1.67. The molecule has 1 aliphatic heterocycles. The van der Waals surface area contributed by atoms with Gasteiger partial charge in [-0.05, 0) is 42.7 Å². The Bertz CT molecular complexity index is 990. The molecule has 0 radical (unpaired) electrons. The van der Waals surface area contributed by atoms with Gasteiger partial charge in [-0.15, -0.1) is 0 Å². The number of hydrogen-bond acceptors (Lipinski definition) is 5. The van der Waals surface area contributed by atoms with Gasteiger partial charge in [0.2, 0.25) is 0 Å². The highest BCUT2D eigenvalue weighted by Gasteiger charge is 2.38. The maximum Gasteiger partial charge on any atom is 0.309 e. The summed E-state index contributed by atoms with van der Waals surface area (Å²) in [6, 6.07) is 14.0. The minimum Gasteiger partial charge on any atom is -0.493 e. The topological polar surface area (TPSA) is 55.8 Å². The van der Waals surface area contributed by atoms with Crippen molar-refractivity contribution < 1.29 is 19.1 Å². The van der Waals surface area contributed by atoms with Gasteiger partial charge in [-0.3, -0.25) is 9.59 Å². The molecule has 0 unspecified atom stereocenters. The quantitative estimate of drug-likeness (QED) is 0.500. The number of para-hydroxylation sites is 1. The summed E-state index contributed by atoms with van der Waals surface area (Å²) in [6.45, 7) is 8.06. The second-order valence-electron chi connectivity index (χ2n) is 8.23. The van der Waals surface area contributed by atoms with Crippen molar-refractivity contribution in [2.24, 2.45) is 0 Å². The number of allylic oxidation sites excluding steroid dienone is 1. The number of nitrogens with zero attached hydrogens (tertiary/aromatic N) is 1. The Hall–Kier alpha value is -3.08. The fourth-order valence-electron chi connectivity index (χ4n) is 3.78. The van der Waals surface area contributed by atoms with Crippen molar-refractivity contribution in [3.05, 3.63) is 70.9 Å². The first-order valence-corrected chi connectivity index (χ1v) is 10.1. The van der Waals surface area contributed by atoms with Gasteiger partial charge >= 0.3 is 5.97 Å². The molecule has 158 valence electrons. The van der Waals surface area contributed by atoms with E-state index in [4.69, 9.17) is 9.47 Å². The van der Waals surface area contributed by atoms with Crippen LogP contribution in [0.4, 0.5) is 5.69 Å². The number of likely N-dealkylation sites (N-methyl/N-ethyl adjacent to an activating group) is 1. The van der Waals surface area contributed by atoms with Crippen LogP contribution in [0.15, 0.2) is 54.2 Å². The SMILES string of the molecule is Cc1ccc(C)c(OCCC(=O)OCC(=O)C=C2N(C)c3ccccc3C2(C)C)c1. The van der Waals surface area contributed by atoms with E-state index in [0.29, 0.717) is 0 Å². The van der Waals surface area contributed by atoms with Crippen molar-refractivity contribution in [3.8, 4) is 5.75 Å². The van der Waals surface area contributed by atoms with E-state index in [1.807, 2.05) is 62.2 Å². The summed E-state index contributed by atoms with van der Waals surface area (Å²) in [5.41, 5.74) is 4.97. The molecule has 0 aliphatic carbocycles. The number of aryl methyl sites for hydroxylation is 2. The van der Waals surface area contributed by atoms with Crippen LogP contribution in [0.25, 0.3) is 0 Å². The van der Waals surface area contributed by atoms with E-state index in [9.17, 15) is 9.59 Å². The average molecular weight is 408 g/mol. The van der Waals surface area contributed by atoms with E-state index in [1.54, 1.807) is 6.08 Å². The zero-order valence-corrected chi connectivity index (χ0v) is 18.3. The first kappa shape index (κ1) is 21.6. The van der Waals surface area contributed by atoms with Crippen LogP contribution in [-0.4, -0.2) is 32.0 Å². The van der Waals surface area contributed by atoms with Crippen LogP contribution in [-0.2, 0) is 19.7 Å². The lowest BCUT2D eigenvalue weighted by molar-refractivity contribution is -0.147. The standard InChI is InChI=1S/C25H29NO4/c1-17-10-11-18(2)22(14-17)29-13-12-24(28)30-16-19(27)15-23-25(3,4)20-8-6-7-9-21(20)26(23)5/h6-11,14-15H,12-13,16H2,1-5H3. The molecule has 0 bridgehead atoms. The van der Waals surface area contributed by atoms with Crippen molar-refractivity contribution in [2.45, 2.75) is 39.5 Å². The summed E-state index contributed by atoms with van der Waals surface area (Å²) < 4.78 is 10.8. The van der Waals surface area contributed by atoms with Crippen molar-refractivity contribution in [3.63, 3.8) is 0 Å². The van der Waals surface area contributed by atoms with Gasteiger partial charge in [0.25, 0.3) is 0 Å². The van der Waals surface area contributed by atoms with E-state index < -0.39 is 5.97 Å². The Morgan fingerprint density at radius 3 is 2.57 bits per heavy atom. The Morgan fingerprint density at radius 1 is 1.10 bits per heavy atom. The van der Waals surface area contributed by atoms with Crippen molar-refractivity contribution >= 4 is 17.4 Å². The molecule has 5 nitrogen and oxygen atoms in total. The Labute approximate surface area is 178 Å². The molecule has 0 atom stereocenters. The summed E-state index contributed by atoms with van der Waals surface area (Å²) in [5.74, 6) is 0.0746. The van der Waals surface area contributed by atoms with E-state index in [2.05, 4.69) is 19.9 Å². The third kappa shape index (κ3) is 4.56. The molecule has 3 rings (SSSR count). The minimum absolute atomic E-state index is 0.0913. The number of carbonyl (C=O) groups excluding carboxylic acids is 2. The largest absolute Gasteiger partial charge is 0.493 e. The number of benzene rings is 2. The van der Waals surface area contributed by atoms with E-state index in [-0.39, 0.29) is 30.8 Å². The first-order chi connectivity index (χ1) is 14.2. The highest BCUT2D eigenvalue weighted by atomic mass is 16.5. The van der Waals surface area contributed by atoms with Gasteiger partial charge in [-0.25, -0.2) is 0 Å². The number of ketones is 1. The second kappa shape index (κ2) is 8.74. The molecule has 0 saturated heterocycles. The molecule has 1 aliphatic rings. The lowest BCUT2D eigenvalue weighted by Gasteiger charge is -2.23. The van der Waals surface area contributed by atoms with Gasteiger partial charge in [-0.2, -0.15) is 0 Å². The second-order valence-corrected chi connectivity index (χ2v) is 8.23. The molecule has 0 fully saturated rings. The third-order valence-corrected chi connectivity index (χ3v) is 5.52. The molecule has 0 amide bonds. The van der Waals surface area contributed by atoms with E-state index in [1.165, 1.54) is 5.56 Å². The van der Waals surface area contributed by atoms with Gasteiger partial charge in [0.1, 0.15) is 5.75 Å². The Kier molecular flexibility index (Phi) is 6.30. The van der Waals surface area contributed by atoms with Crippen LogP contribution in [0.3, 0.4) is 0 Å². The zero-order valence-electron chi connectivity index (χ0n) is 18.3. The normalized spacial score (nSPS) is 15.8. The van der Waals surface area contributed by atoms with Crippen LogP contribution in [0.2, 0.25) is 0 Å². The van der Waals surface area contributed by atoms with Gasteiger partial charge < -0.3 is 14.4 Å². The number of ether oxygens (including phenoxy) is 2. The molecule has 5 heteroatoms. The third-order valence-electron chi connectivity index (χ3n) is 5.52. The van der Waals surface area contributed by atoms with Crippen LogP contribution >= 0.6 is 0 Å². The van der Waals surface area contributed by atoms with Gasteiger partial charge in [0, 0.05) is 29.9 Å². The monoisotopic (exact) mass is 407 g/mol. The van der Waals surface area contributed by atoms with Gasteiger partial charge in [0.05, 0.1) is 13.0 Å². The molecule has 0 spiro atoms. The van der Waals surface area contributed by atoms with Gasteiger partial charge in [-0.1, -0.05) is 44.2 Å². The average Bonchev–Trinajstić information content (AvgIpc) is 2.90. The lowest BCUT2D eigenvalue weighted by atomic mass is 9.83. The molecular weight excluding hydrogens is 378 g/mol. The van der Waals surface area contributed by atoms with E-state index in [0.717, 1.165) is 28.3 Å². The maximum absolute atomic E-state index is 12.5.